The van der Waals surface area contributed by atoms with E-state index in [0.717, 1.165) is 41.3 Å². The fraction of sp³-hybridized carbons (Fsp3) is 0.208. The second kappa shape index (κ2) is 8.86. The summed E-state index contributed by atoms with van der Waals surface area (Å²) in [6, 6.07) is 16.5. The van der Waals surface area contributed by atoms with Crippen molar-refractivity contribution in [3.05, 3.63) is 86.0 Å². The lowest BCUT2D eigenvalue weighted by Crippen LogP contribution is -2.49. The van der Waals surface area contributed by atoms with Crippen molar-refractivity contribution >= 4 is 39.8 Å². The van der Waals surface area contributed by atoms with Gasteiger partial charge in [-0.1, -0.05) is 41.9 Å². The van der Waals surface area contributed by atoms with Crippen LogP contribution in [0.2, 0.25) is 5.02 Å². The zero-order valence-electron chi connectivity index (χ0n) is 17.2. The van der Waals surface area contributed by atoms with Crippen molar-refractivity contribution in [2.75, 3.05) is 26.2 Å². The maximum atomic E-state index is 12.9. The molecule has 0 bridgehead atoms. The molecule has 5 rings (SSSR count). The molecule has 0 spiro atoms. The Morgan fingerprint density at radius 1 is 1.06 bits per heavy atom. The highest BCUT2D eigenvalue weighted by molar-refractivity contribution is 7.09. The van der Waals surface area contributed by atoms with Gasteiger partial charge in [0.2, 0.25) is 0 Å². The third-order valence-electron chi connectivity index (χ3n) is 5.58. The molecule has 6 nitrogen and oxygen atoms in total. The Bertz CT molecular complexity index is 1320. The summed E-state index contributed by atoms with van der Waals surface area (Å²) in [7, 11) is 0. The van der Waals surface area contributed by atoms with Crippen LogP contribution >= 0.6 is 22.9 Å². The van der Waals surface area contributed by atoms with Crippen molar-refractivity contribution in [1.29, 1.82) is 0 Å². The molecule has 0 saturated carbocycles. The van der Waals surface area contributed by atoms with Crippen LogP contribution in [0.3, 0.4) is 0 Å². The first kappa shape index (κ1) is 20.9. The summed E-state index contributed by atoms with van der Waals surface area (Å²) in [4.78, 5) is 34.0. The molecule has 4 aromatic rings. The quantitative estimate of drug-likeness (QED) is 0.414. The Kier molecular flexibility index (Phi) is 5.78. The first-order valence-corrected chi connectivity index (χ1v) is 11.6. The van der Waals surface area contributed by atoms with Crippen LogP contribution in [0.15, 0.2) is 69.2 Å². The Labute approximate surface area is 193 Å². The van der Waals surface area contributed by atoms with Crippen LogP contribution in [0.5, 0.6) is 0 Å². The first-order valence-electron chi connectivity index (χ1n) is 10.3. The molecule has 0 N–H and O–H groups in total. The van der Waals surface area contributed by atoms with Crippen molar-refractivity contribution in [2.45, 2.75) is 6.54 Å². The standard InChI is InChI=1S/C24H20ClN3O3S/c25-18-7-5-16(6-8-18)20-15-32-22(26-20)14-27-9-11-28(12-10-27)23(29)19-13-17-3-1-2-4-21(17)31-24(19)30/h1-8,13,15H,9-12,14H2. The monoisotopic (exact) mass is 465 g/mol. The Morgan fingerprint density at radius 3 is 2.59 bits per heavy atom. The number of carbonyl (C=O) groups excluding carboxylic acids is 1. The van der Waals surface area contributed by atoms with E-state index in [4.69, 9.17) is 21.0 Å². The number of rotatable bonds is 4. The fourth-order valence-electron chi connectivity index (χ4n) is 3.82. The number of nitrogens with zero attached hydrogens (tertiary/aromatic N) is 3. The van der Waals surface area contributed by atoms with Crippen molar-refractivity contribution in [2.24, 2.45) is 0 Å². The number of thiazole rings is 1. The molecule has 1 fully saturated rings. The molecule has 1 amide bonds. The van der Waals surface area contributed by atoms with Gasteiger partial charge in [-0.05, 0) is 24.3 Å². The van der Waals surface area contributed by atoms with E-state index in [1.165, 1.54) is 0 Å². The van der Waals surface area contributed by atoms with Gasteiger partial charge >= 0.3 is 5.63 Å². The van der Waals surface area contributed by atoms with E-state index < -0.39 is 5.63 Å². The molecule has 8 heteroatoms. The number of carbonyl (C=O) groups is 1. The summed E-state index contributed by atoms with van der Waals surface area (Å²) in [5, 5.41) is 4.54. The molecule has 1 aliphatic rings. The summed E-state index contributed by atoms with van der Waals surface area (Å²) >= 11 is 7.59. The zero-order valence-corrected chi connectivity index (χ0v) is 18.7. The second-order valence-corrected chi connectivity index (χ2v) is 9.07. The minimum absolute atomic E-state index is 0.0877. The first-order chi connectivity index (χ1) is 15.6. The molecule has 0 aliphatic carbocycles. The number of amides is 1. The van der Waals surface area contributed by atoms with Gasteiger partial charge in [0.15, 0.2) is 0 Å². The minimum Gasteiger partial charge on any atom is -0.422 e. The molecule has 1 aliphatic heterocycles. The number of para-hydroxylation sites is 1. The van der Waals surface area contributed by atoms with E-state index in [0.29, 0.717) is 23.7 Å². The number of hydrogen-bond donors (Lipinski definition) is 0. The van der Waals surface area contributed by atoms with Crippen molar-refractivity contribution in [3.8, 4) is 11.3 Å². The van der Waals surface area contributed by atoms with Gasteiger partial charge in [0.05, 0.1) is 12.2 Å². The fourth-order valence-corrected chi connectivity index (χ4v) is 4.79. The number of hydrogen-bond acceptors (Lipinski definition) is 6. The number of aromatic nitrogens is 1. The van der Waals surface area contributed by atoms with Gasteiger partial charge in [-0.2, -0.15) is 0 Å². The van der Waals surface area contributed by atoms with Gasteiger partial charge < -0.3 is 9.32 Å². The number of fused-ring (bicyclic) bond motifs is 1. The minimum atomic E-state index is -0.589. The van der Waals surface area contributed by atoms with E-state index in [-0.39, 0.29) is 11.5 Å². The van der Waals surface area contributed by atoms with Gasteiger partial charge in [0.1, 0.15) is 16.2 Å². The van der Waals surface area contributed by atoms with Gasteiger partial charge in [0.25, 0.3) is 5.91 Å². The molecule has 0 radical (unpaired) electrons. The number of halogens is 1. The lowest BCUT2D eigenvalue weighted by atomic mass is 10.1. The van der Waals surface area contributed by atoms with E-state index in [1.54, 1.807) is 34.4 Å². The largest absolute Gasteiger partial charge is 0.422 e. The summed E-state index contributed by atoms with van der Waals surface area (Å²) < 4.78 is 5.32. The molecular formula is C24H20ClN3O3S. The topological polar surface area (TPSA) is 66.7 Å². The highest BCUT2D eigenvalue weighted by Gasteiger charge is 2.25. The Hall–Kier alpha value is -3.00. The molecule has 0 atom stereocenters. The predicted molar refractivity (Wildman–Crippen MR) is 126 cm³/mol. The van der Waals surface area contributed by atoms with Crippen molar-refractivity contribution in [3.63, 3.8) is 0 Å². The molecule has 3 heterocycles. The third kappa shape index (κ3) is 4.32. The van der Waals surface area contributed by atoms with E-state index in [2.05, 4.69) is 10.3 Å². The van der Waals surface area contributed by atoms with Gasteiger partial charge in [-0.25, -0.2) is 9.78 Å². The van der Waals surface area contributed by atoms with Crippen LogP contribution in [0.4, 0.5) is 0 Å². The average Bonchev–Trinajstić information content (AvgIpc) is 3.27. The zero-order chi connectivity index (χ0) is 22.1. The van der Waals surface area contributed by atoms with Gasteiger partial charge in [0, 0.05) is 47.5 Å². The SMILES string of the molecule is O=C(c1cc2ccccc2oc1=O)N1CCN(Cc2nc(-c3ccc(Cl)cc3)cs2)CC1. The summed E-state index contributed by atoms with van der Waals surface area (Å²) in [5.41, 5.74) is 1.97. The number of piperazine rings is 1. The second-order valence-electron chi connectivity index (χ2n) is 7.69. The highest BCUT2D eigenvalue weighted by Crippen LogP contribution is 2.24. The third-order valence-corrected chi connectivity index (χ3v) is 6.67. The summed E-state index contributed by atoms with van der Waals surface area (Å²) in [6.07, 6.45) is 0. The maximum Gasteiger partial charge on any atom is 0.349 e. The van der Waals surface area contributed by atoms with Crippen LogP contribution in [-0.4, -0.2) is 46.9 Å². The average molecular weight is 466 g/mol. The summed E-state index contributed by atoms with van der Waals surface area (Å²) in [6.45, 7) is 3.29. The van der Waals surface area contributed by atoms with Crippen LogP contribution < -0.4 is 5.63 Å². The van der Waals surface area contributed by atoms with Crippen LogP contribution in [0.25, 0.3) is 22.2 Å². The van der Waals surface area contributed by atoms with Gasteiger partial charge in [-0.15, -0.1) is 11.3 Å². The summed E-state index contributed by atoms with van der Waals surface area (Å²) in [5.74, 6) is -0.275. The molecular weight excluding hydrogens is 446 g/mol. The Morgan fingerprint density at radius 2 is 1.81 bits per heavy atom. The van der Waals surface area contributed by atoms with E-state index in [1.807, 2.05) is 36.4 Å². The lowest BCUT2D eigenvalue weighted by molar-refractivity contribution is 0.0624. The maximum absolute atomic E-state index is 12.9. The predicted octanol–water partition coefficient (Wildman–Crippen LogP) is 4.53. The smallest absolute Gasteiger partial charge is 0.349 e. The Balaban J connectivity index is 1.22. The van der Waals surface area contributed by atoms with E-state index >= 15 is 0 Å². The van der Waals surface area contributed by atoms with E-state index in [9.17, 15) is 9.59 Å². The molecule has 1 saturated heterocycles. The van der Waals surface area contributed by atoms with Crippen LogP contribution in [0, 0.1) is 0 Å². The van der Waals surface area contributed by atoms with Crippen LogP contribution in [0.1, 0.15) is 15.4 Å². The highest BCUT2D eigenvalue weighted by atomic mass is 35.5. The normalized spacial score (nSPS) is 14.7. The van der Waals surface area contributed by atoms with Gasteiger partial charge in [-0.3, -0.25) is 9.69 Å². The lowest BCUT2D eigenvalue weighted by Gasteiger charge is -2.34. The molecule has 0 unspecified atom stereocenters. The van der Waals surface area contributed by atoms with Crippen molar-refractivity contribution in [1.82, 2.24) is 14.8 Å². The van der Waals surface area contributed by atoms with Crippen molar-refractivity contribution < 1.29 is 9.21 Å². The molecule has 162 valence electrons. The van der Waals surface area contributed by atoms with Crippen LogP contribution in [-0.2, 0) is 6.54 Å². The number of benzene rings is 2. The molecule has 32 heavy (non-hydrogen) atoms. The molecule has 2 aromatic carbocycles. The molecule has 2 aromatic heterocycles.